The summed E-state index contributed by atoms with van der Waals surface area (Å²) in [5.74, 6) is 1.09. The number of benzene rings is 10. The third-order valence-corrected chi connectivity index (χ3v) is 14.1. The zero-order chi connectivity index (χ0) is 39.3. The first-order valence-corrected chi connectivity index (χ1v) is 21.7. The number of fused-ring (bicyclic) bond motifs is 10. The SMILES string of the molecule is C1=Cc2c(oc3c(-c4c5ccccc5c(-c5cccc6sc7c(-c8c9ccccc9c(-c9ccccc9)c9ccccc89)cccc7c56)c5ccccc45)cccc23)CC1. The summed E-state index contributed by atoms with van der Waals surface area (Å²) in [6.07, 6.45) is 6.47. The average Bonchev–Trinajstić information content (AvgIpc) is 3.90. The Labute approximate surface area is 351 Å². The van der Waals surface area contributed by atoms with Gasteiger partial charge in [-0.25, -0.2) is 0 Å². The van der Waals surface area contributed by atoms with Crippen LogP contribution in [0.5, 0.6) is 0 Å². The Morgan fingerprint density at radius 3 is 1.47 bits per heavy atom. The van der Waals surface area contributed by atoms with Gasteiger partial charge in [0.25, 0.3) is 0 Å². The minimum absolute atomic E-state index is 0.937. The van der Waals surface area contributed by atoms with Gasteiger partial charge < -0.3 is 4.42 Å². The minimum atomic E-state index is 0.937. The van der Waals surface area contributed by atoms with Gasteiger partial charge in [0, 0.05) is 54.2 Å². The maximum Gasteiger partial charge on any atom is 0.142 e. The second-order valence-corrected chi connectivity index (χ2v) is 17.1. The number of furan rings is 1. The van der Waals surface area contributed by atoms with E-state index in [1.807, 2.05) is 11.3 Å². The number of aryl methyl sites for hydroxylation is 1. The van der Waals surface area contributed by atoms with E-state index in [0.717, 1.165) is 29.7 Å². The van der Waals surface area contributed by atoms with E-state index in [9.17, 15) is 0 Å². The van der Waals surface area contributed by atoms with Gasteiger partial charge in [-0.3, -0.25) is 0 Å². The summed E-state index contributed by atoms with van der Waals surface area (Å²) in [5.41, 5.74) is 12.2. The molecule has 12 aromatic rings. The lowest BCUT2D eigenvalue weighted by molar-refractivity contribution is 0.547. The molecule has 2 heterocycles. The largest absolute Gasteiger partial charge is 0.460 e. The van der Waals surface area contributed by atoms with Gasteiger partial charge in [0.1, 0.15) is 11.3 Å². The van der Waals surface area contributed by atoms with E-state index in [-0.39, 0.29) is 0 Å². The monoisotopic (exact) mass is 780 g/mol. The van der Waals surface area contributed by atoms with Crippen molar-refractivity contribution in [3.8, 4) is 44.5 Å². The highest BCUT2D eigenvalue weighted by Gasteiger charge is 2.25. The number of thiophene rings is 1. The molecule has 2 heteroatoms. The van der Waals surface area contributed by atoms with Gasteiger partial charge in [0.2, 0.25) is 0 Å². The molecule has 1 nitrogen and oxygen atoms in total. The van der Waals surface area contributed by atoms with Crippen molar-refractivity contribution in [1.29, 1.82) is 0 Å². The van der Waals surface area contributed by atoms with Crippen LogP contribution in [0, 0.1) is 0 Å². The first-order valence-electron chi connectivity index (χ1n) is 20.9. The highest BCUT2D eigenvalue weighted by Crippen LogP contribution is 2.52. The van der Waals surface area contributed by atoms with Crippen LogP contribution in [0.1, 0.15) is 17.7 Å². The molecular formula is C58H36OS. The van der Waals surface area contributed by atoms with E-state index in [0.29, 0.717) is 0 Å². The van der Waals surface area contributed by atoms with Crippen LogP contribution < -0.4 is 0 Å². The second-order valence-electron chi connectivity index (χ2n) is 16.1. The van der Waals surface area contributed by atoms with Crippen molar-refractivity contribution >= 4 is 91.6 Å². The number of hydrogen-bond donors (Lipinski definition) is 0. The molecule has 0 fully saturated rings. The lowest BCUT2D eigenvalue weighted by atomic mass is 9.84. The molecule has 13 rings (SSSR count). The molecule has 0 saturated carbocycles. The number of rotatable bonds is 4. The maximum atomic E-state index is 6.76. The van der Waals surface area contributed by atoms with Crippen molar-refractivity contribution in [1.82, 2.24) is 0 Å². The molecule has 0 amide bonds. The minimum Gasteiger partial charge on any atom is -0.460 e. The van der Waals surface area contributed by atoms with Crippen molar-refractivity contribution in [2.45, 2.75) is 12.8 Å². The second kappa shape index (κ2) is 13.1. The van der Waals surface area contributed by atoms with Crippen LogP contribution in [-0.4, -0.2) is 0 Å². The van der Waals surface area contributed by atoms with Crippen LogP contribution in [0.15, 0.2) is 192 Å². The van der Waals surface area contributed by atoms with Crippen LogP contribution >= 0.6 is 11.3 Å². The third kappa shape index (κ3) is 4.80. The molecule has 0 aliphatic heterocycles. The molecule has 0 unspecified atom stereocenters. The topological polar surface area (TPSA) is 13.1 Å². The van der Waals surface area contributed by atoms with E-state index in [1.54, 1.807) is 0 Å². The molecule has 280 valence electrons. The van der Waals surface area contributed by atoms with Gasteiger partial charge >= 0.3 is 0 Å². The van der Waals surface area contributed by atoms with Gasteiger partial charge in [0.15, 0.2) is 0 Å². The molecule has 0 radical (unpaired) electrons. The van der Waals surface area contributed by atoms with Gasteiger partial charge in [-0.15, -0.1) is 11.3 Å². The Balaban J connectivity index is 1.10. The fourth-order valence-corrected chi connectivity index (χ4v) is 11.7. The van der Waals surface area contributed by atoms with Crippen molar-refractivity contribution < 1.29 is 4.42 Å². The smallest absolute Gasteiger partial charge is 0.142 e. The fraction of sp³-hybridized carbons (Fsp3) is 0.0345. The van der Waals surface area contributed by atoms with Crippen LogP contribution in [-0.2, 0) is 6.42 Å². The normalized spacial score (nSPS) is 12.8. The maximum absolute atomic E-state index is 6.76. The van der Waals surface area contributed by atoms with Gasteiger partial charge in [-0.2, -0.15) is 0 Å². The van der Waals surface area contributed by atoms with Crippen LogP contribution in [0.4, 0.5) is 0 Å². The Kier molecular flexibility index (Phi) is 7.37. The molecule has 10 aromatic carbocycles. The summed E-state index contributed by atoms with van der Waals surface area (Å²) >= 11 is 1.92. The number of para-hydroxylation sites is 1. The third-order valence-electron chi connectivity index (χ3n) is 12.9. The van der Waals surface area contributed by atoms with E-state index in [4.69, 9.17) is 4.42 Å². The molecule has 1 aliphatic carbocycles. The highest BCUT2D eigenvalue weighted by atomic mass is 32.1. The molecule has 0 spiro atoms. The molecule has 0 saturated heterocycles. The predicted molar refractivity (Wildman–Crippen MR) is 258 cm³/mol. The molecule has 0 atom stereocenters. The summed E-state index contributed by atoms with van der Waals surface area (Å²) < 4.78 is 9.37. The van der Waals surface area contributed by atoms with Gasteiger partial charge in [-0.05, 0) is 83.4 Å². The number of allylic oxidation sites excluding steroid dienone is 1. The summed E-state index contributed by atoms with van der Waals surface area (Å²) in [6, 6.07) is 67.4. The summed E-state index contributed by atoms with van der Waals surface area (Å²) in [7, 11) is 0. The van der Waals surface area contributed by atoms with E-state index in [1.165, 1.54) is 113 Å². The Morgan fingerprint density at radius 1 is 0.383 bits per heavy atom. The van der Waals surface area contributed by atoms with Crippen LogP contribution in [0.3, 0.4) is 0 Å². The van der Waals surface area contributed by atoms with E-state index < -0.39 is 0 Å². The van der Waals surface area contributed by atoms with Crippen LogP contribution in [0.25, 0.3) is 125 Å². The molecule has 2 aromatic heterocycles. The zero-order valence-corrected chi connectivity index (χ0v) is 33.5. The van der Waals surface area contributed by atoms with E-state index >= 15 is 0 Å². The molecule has 1 aliphatic rings. The molecule has 60 heavy (non-hydrogen) atoms. The highest BCUT2D eigenvalue weighted by molar-refractivity contribution is 7.26. The molecular weight excluding hydrogens is 745 g/mol. The van der Waals surface area contributed by atoms with Crippen molar-refractivity contribution in [3.63, 3.8) is 0 Å². The fourth-order valence-electron chi connectivity index (χ4n) is 10.5. The lowest BCUT2D eigenvalue weighted by Crippen LogP contribution is -1.92. The van der Waals surface area contributed by atoms with E-state index in [2.05, 4.69) is 194 Å². The van der Waals surface area contributed by atoms with Crippen molar-refractivity contribution in [2.75, 3.05) is 0 Å². The Morgan fingerprint density at radius 2 is 0.850 bits per heavy atom. The van der Waals surface area contributed by atoms with Gasteiger partial charge in [0.05, 0.1) is 0 Å². The first-order chi connectivity index (χ1) is 29.8. The summed E-state index contributed by atoms with van der Waals surface area (Å²) in [4.78, 5) is 0. The Hall–Kier alpha value is -7.26. The first kappa shape index (κ1) is 33.7. The molecule has 0 N–H and O–H groups in total. The average molecular weight is 781 g/mol. The van der Waals surface area contributed by atoms with Gasteiger partial charge in [-0.1, -0.05) is 188 Å². The summed E-state index contributed by atoms with van der Waals surface area (Å²) in [6.45, 7) is 0. The lowest BCUT2D eigenvalue weighted by Gasteiger charge is -2.19. The van der Waals surface area contributed by atoms with Crippen molar-refractivity contribution in [2.24, 2.45) is 0 Å². The molecule has 0 bridgehead atoms. The predicted octanol–water partition coefficient (Wildman–Crippen LogP) is 17.0. The zero-order valence-electron chi connectivity index (χ0n) is 32.7. The Bertz CT molecular complexity index is 3650. The van der Waals surface area contributed by atoms with Crippen molar-refractivity contribution in [3.05, 3.63) is 199 Å². The summed E-state index contributed by atoms with van der Waals surface area (Å²) in [5, 5.41) is 13.8. The van der Waals surface area contributed by atoms with Crippen LogP contribution in [0.2, 0.25) is 0 Å². The quantitative estimate of drug-likeness (QED) is 0.162. The number of hydrogen-bond acceptors (Lipinski definition) is 2. The standard InChI is InChI=1S/C58H36OS/c1-2-17-35(18-3-1)52-37-20-4-6-22-39(37)55(40-23-7-5-21-38(40)52)48-31-15-32-49-56-46(29-16-34-51(56)60-58(48)49)53-41-24-8-10-26-43(41)54(44-27-11-9-25-42(44)53)47-30-14-28-45-36-19-12-13-33-50(36)59-57(45)47/h1-12,14-32,34H,13,33H2.